The van der Waals surface area contributed by atoms with Gasteiger partial charge in [0.2, 0.25) is 0 Å². The highest BCUT2D eigenvalue weighted by Gasteiger charge is 2.62. The van der Waals surface area contributed by atoms with Crippen molar-refractivity contribution in [3.05, 3.63) is 18.2 Å². The zero-order valence-electron chi connectivity index (χ0n) is 22.5. The van der Waals surface area contributed by atoms with Crippen molar-refractivity contribution in [1.29, 1.82) is 0 Å². The maximum Gasteiger partial charge on any atom is 0.157 e. The van der Waals surface area contributed by atoms with Gasteiger partial charge in [0.05, 0.1) is 19.2 Å². The number of hydrogen-bond acceptors (Lipinski definition) is 5. The van der Waals surface area contributed by atoms with Gasteiger partial charge in [-0.2, -0.15) is 0 Å². The molecule has 4 saturated carbocycles. The zero-order valence-corrected chi connectivity index (χ0v) is 22.5. The predicted octanol–water partition coefficient (Wildman–Crippen LogP) is 5.93. The molecule has 8 unspecified atom stereocenters. The molecule has 2 aromatic rings. The highest BCUT2D eigenvalue weighted by molar-refractivity contribution is 5.85. The van der Waals surface area contributed by atoms with Gasteiger partial charge in [0, 0.05) is 13.0 Å². The Labute approximate surface area is 215 Å². The van der Waals surface area contributed by atoms with Crippen LogP contribution in [0.25, 0.3) is 11.0 Å². The molecule has 6 heteroatoms. The van der Waals surface area contributed by atoms with E-state index in [-0.39, 0.29) is 11.3 Å². The van der Waals surface area contributed by atoms with Crippen LogP contribution in [0, 0.1) is 46.3 Å². The fraction of sp³-hybridized carbons (Fsp3) is 0.767. The molecule has 4 fully saturated rings. The molecule has 1 aromatic carbocycles. The Balaban J connectivity index is 1.23. The number of ether oxygens (including phenoxy) is 2. The Bertz CT molecular complexity index is 1130. The summed E-state index contributed by atoms with van der Waals surface area (Å²) in [7, 11) is 3.56. The number of hydrogen-bond donors (Lipinski definition) is 0. The standard InChI is InChI=1S/C30H43N3O3/c1-19-12-15-30(18-35-3)20(16-19)8-9-21-22-10-11-24(29(22,2)14-13-23(21)30)26(34)17-33-25-6-5-7-27(36-4)28(25)31-32-33/h5-7,19-24H,8-18H2,1-4H3. The maximum atomic E-state index is 13.8. The van der Waals surface area contributed by atoms with Gasteiger partial charge in [0.25, 0.3) is 0 Å². The van der Waals surface area contributed by atoms with Crippen LogP contribution in [0.4, 0.5) is 0 Å². The molecule has 0 bridgehead atoms. The molecule has 6 nitrogen and oxygen atoms in total. The predicted molar refractivity (Wildman–Crippen MR) is 140 cm³/mol. The molecular weight excluding hydrogens is 450 g/mol. The minimum atomic E-state index is 0.107. The summed E-state index contributed by atoms with van der Waals surface area (Å²) in [5.41, 5.74) is 2.07. The fourth-order valence-corrected chi connectivity index (χ4v) is 9.85. The first-order valence-electron chi connectivity index (χ1n) is 14.3. The lowest BCUT2D eigenvalue weighted by Crippen LogP contribution is -2.56. The largest absolute Gasteiger partial charge is 0.494 e. The number of nitrogens with zero attached hydrogens (tertiary/aromatic N) is 3. The van der Waals surface area contributed by atoms with E-state index in [4.69, 9.17) is 9.47 Å². The number of methoxy groups -OCH3 is 2. The van der Waals surface area contributed by atoms with Crippen LogP contribution in [0.5, 0.6) is 5.75 Å². The molecule has 1 aromatic heterocycles. The third-order valence-electron chi connectivity index (χ3n) is 11.5. The van der Waals surface area contributed by atoms with Crippen LogP contribution in [0.3, 0.4) is 0 Å². The number of ketones is 1. The first-order chi connectivity index (χ1) is 17.4. The molecule has 0 aliphatic heterocycles. The molecule has 1 heterocycles. The van der Waals surface area contributed by atoms with Gasteiger partial charge in [-0.3, -0.25) is 4.79 Å². The van der Waals surface area contributed by atoms with E-state index in [0.29, 0.717) is 29.4 Å². The quantitative estimate of drug-likeness (QED) is 0.499. The van der Waals surface area contributed by atoms with Crippen molar-refractivity contribution in [3.63, 3.8) is 0 Å². The van der Waals surface area contributed by atoms with Crippen LogP contribution in [-0.4, -0.2) is 41.6 Å². The summed E-state index contributed by atoms with van der Waals surface area (Å²) in [4.78, 5) is 13.8. The molecule has 0 N–H and O–H groups in total. The van der Waals surface area contributed by atoms with Crippen LogP contribution in [0.1, 0.15) is 71.6 Å². The lowest BCUT2D eigenvalue weighted by atomic mass is 9.44. The summed E-state index contributed by atoms with van der Waals surface area (Å²) < 4.78 is 13.2. The molecule has 0 saturated heterocycles. The van der Waals surface area contributed by atoms with E-state index in [2.05, 4.69) is 24.2 Å². The van der Waals surface area contributed by atoms with E-state index in [0.717, 1.165) is 47.7 Å². The van der Waals surface area contributed by atoms with Crippen molar-refractivity contribution < 1.29 is 14.3 Å². The second-order valence-corrected chi connectivity index (χ2v) is 12.9. The third kappa shape index (κ3) is 3.57. The van der Waals surface area contributed by atoms with E-state index < -0.39 is 0 Å². The average molecular weight is 494 g/mol. The van der Waals surface area contributed by atoms with Gasteiger partial charge in [-0.05, 0) is 104 Å². The molecule has 36 heavy (non-hydrogen) atoms. The van der Waals surface area contributed by atoms with Crippen LogP contribution in [-0.2, 0) is 16.1 Å². The van der Waals surface area contributed by atoms with Gasteiger partial charge in [-0.15, -0.1) is 5.10 Å². The number of Topliss-reactive ketones (excluding diaryl/α,β-unsaturated/α-hetero) is 1. The van der Waals surface area contributed by atoms with Crippen molar-refractivity contribution in [3.8, 4) is 5.75 Å². The lowest BCUT2D eigenvalue weighted by Gasteiger charge is -2.61. The minimum Gasteiger partial charge on any atom is -0.494 e. The summed E-state index contributed by atoms with van der Waals surface area (Å²) in [6, 6.07) is 5.81. The molecule has 4 aliphatic rings. The van der Waals surface area contributed by atoms with Crippen molar-refractivity contribution in [2.75, 3.05) is 20.8 Å². The number of aromatic nitrogens is 3. The maximum absolute atomic E-state index is 13.8. The van der Waals surface area contributed by atoms with Gasteiger partial charge in [0.1, 0.15) is 12.3 Å². The number of fused-ring (bicyclic) bond motifs is 6. The minimum absolute atomic E-state index is 0.107. The molecule has 0 spiro atoms. The lowest BCUT2D eigenvalue weighted by molar-refractivity contribution is -0.154. The average Bonchev–Trinajstić information content (AvgIpc) is 3.45. The number of carbonyl (C=O) groups is 1. The number of rotatable bonds is 6. The second-order valence-electron chi connectivity index (χ2n) is 12.9. The van der Waals surface area contributed by atoms with Gasteiger partial charge in [-0.1, -0.05) is 31.5 Å². The summed E-state index contributed by atoms with van der Waals surface area (Å²) in [6.07, 6.45) is 11.4. The molecule has 8 atom stereocenters. The number of benzene rings is 1. The third-order valence-corrected chi connectivity index (χ3v) is 11.5. The smallest absolute Gasteiger partial charge is 0.157 e. The van der Waals surface area contributed by atoms with E-state index in [1.807, 2.05) is 25.3 Å². The zero-order chi connectivity index (χ0) is 25.1. The highest BCUT2D eigenvalue weighted by Crippen LogP contribution is 2.68. The van der Waals surface area contributed by atoms with Crippen LogP contribution < -0.4 is 4.74 Å². The fourth-order valence-electron chi connectivity index (χ4n) is 9.85. The Morgan fingerprint density at radius 2 is 1.94 bits per heavy atom. The van der Waals surface area contributed by atoms with Crippen molar-refractivity contribution in [2.24, 2.45) is 46.3 Å². The summed E-state index contributed by atoms with van der Waals surface area (Å²) >= 11 is 0. The Kier molecular flexibility index (Phi) is 6.17. The van der Waals surface area contributed by atoms with Crippen LogP contribution in [0.15, 0.2) is 18.2 Å². The monoisotopic (exact) mass is 493 g/mol. The van der Waals surface area contributed by atoms with E-state index in [9.17, 15) is 4.79 Å². The highest BCUT2D eigenvalue weighted by atomic mass is 16.5. The first-order valence-corrected chi connectivity index (χ1v) is 14.3. The molecule has 0 amide bonds. The van der Waals surface area contributed by atoms with Gasteiger partial charge in [0.15, 0.2) is 11.3 Å². The molecule has 4 aliphatic carbocycles. The topological polar surface area (TPSA) is 66.2 Å². The normalized spacial score (nSPS) is 39.9. The SMILES string of the molecule is COCC12CCC(C)CC1CCC1C3CCC(C(=O)Cn4nnc5c(OC)cccc54)C3(C)CCC12. The van der Waals surface area contributed by atoms with Gasteiger partial charge < -0.3 is 9.47 Å². The molecule has 6 rings (SSSR count). The first kappa shape index (κ1) is 24.4. The Morgan fingerprint density at radius 1 is 1.08 bits per heavy atom. The van der Waals surface area contributed by atoms with Crippen molar-refractivity contribution in [2.45, 2.75) is 78.2 Å². The molecule has 196 valence electrons. The van der Waals surface area contributed by atoms with Crippen LogP contribution >= 0.6 is 0 Å². The van der Waals surface area contributed by atoms with Crippen LogP contribution in [0.2, 0.25) is 0 Å². The summed E-state index contributed by atoms with van der Waals surface area (Å²) in [5, 5.41) is 8.65. The summed E-state index contributed by atoms with van der Waals surface area (Å²) in [6.45, 7) is 6.13. The Morgan fingerprint density at radius 3 is 2.75 bits per heavy atom. The summed E-state index contributed by atoms with van der Waals surface area (Å²) in [5.74, 6) is 5.01. The van der Waals surface area contributed by atoms with E-state index >= 15 is 0 Å². The van der Waals surface area contributed by atoms with Crippen molar-refractivity contribution in [1.82, 2.24) is 15.0 Å². The second kappa shape index (κ2) is 9.11. The van der Waals surface area contributed by atoms with Gasteiger partial charge >= 0.3 is 0 Å². The number of carbonyl (C=O) groups excluding carboxylic acids is 1. The van der Waals surface area contributed by atoms with E-state index in [1.165, 1.54) is 51.4 Å². The van der Waals surface area contributed by atoms with E-state index in [1.54, 1.807) is 11.8 Å². The molecular formula is C30H43N3O3. The van der Waals surface area contributed by atoms with Crippen molar-refractivity contribution >= 4 is 16.8 Å². The van der Waals surface area contributed by atoms with Gasteiger partial charge in [-0.25, -0.2) is 4.68 Å². The molecule has 0 radical (unpaired) electrons. The Hall–Kier alpha value is -1.95.